The molecule has 0 atom stereocenters. The van der Waals surface area contributed by atoms with Crippen LogP contribution in [0.5, 0.6) is 0 Å². The Balaban J connectivity index is 2.62. The van der Waals surface area contributed by atoms with Gasteiger partial charge in [0.05, 0.1) is 5.56 Å². The molecule has 2 aromatic carbocycles. The third-order valence-corrected chi connectivity index (χ3v) is 2.26. The van der Waals surface area contributed by atoms with E-state index in [-0.39, 0.29) is 11.1 Å². The van der Waals surface area contributed by atoms with Crippen molar-refractivity contribution in [3.63, 3.8) is 0 Å². The predicted octanol–water partition coefficient (Wildman–Crippen LogP) is 3.44. The predicted molar refractivity (Wildman–Crippen MR) is 57.2 cm³/mol. The lowest BCUT2D eigenvalue weighted by atomic mass is 10.0. The van der Waals surface area contributed by atoms with E-state index in [2.05, 4.69) is 0 Å². The maximum atomic E-state index is 13.6. The van der Waals surface area contributed by atoms with Crippen LogP contribution in [0.2, 0.25) is 0 Å². The van der Waals surface area contributed by atoms with Crippen molar-refractivity contribution in [1.29, 1.82) is 0 Å². The number of aldehydes is 1. The van der Waals surface area contributed by atoms with Crippen molar-refractivity contribution in [2.75, 3.05) is 0 Å². The van der Waals surface area contributed by atoms with E-state index in [1.807, 2.05) is 0 Å². The molecular weight excluding hydrogens is 210 g/mol. The molecule has 0 spiro atoms. The summed E-state index contributed by atoms with van der Waals surface area (Å²) in [5.41, 5.74) is 0.343. The van der Waals surface area contributed by atoms with Crippen LogP contribution in [0.4, 0.5) is 8.78 Å². The van der Waals surface area contributed by atoms with E-state index in [0.29, 0.717) is 11.8 Å². The average Bonchev–Trinajstić information content (AvgIpc) is 2.29. The smallest absolute Gasteiger partial charge is 0.150 e. The molecule has 0 heterocycles. The topological polar surface area (TPSA) is 17.1 Å². The Hall–Kier alpha value is -2.03. The van der Waals surface area contributed by atoms with Crippen molar-refractivity contribution >= 4 is 6.29 Å². The molecule has 3 heteroatoms. The van der Waals surface area contributed by atoms with Crippen LogP contribution < -0.4 is 0 Å². The van der Waals surface area contributed by atoms with Crippen LogP contribution >= 0.6 is 0 Å². The molecule has 0 radical (unpaired) electrons. The lowest BCUT2D eigenvalue weighted by Crippen LogP contribution is -1.93. The normalized spacial score (nSPS) is 10.1. The van der Waals surface area contributed by atoms with E-state index in [9.17, 15) is 13.6 Å². The van der Waals surface area contributed by atoms with Gasteiger partial charge < -0.3 is 0 Å². The molecule has 0 fully saturated rings. The zero-order valence-corrected chi connectivity index (χ0v) is 8.28. The first-order chi connectivity index (χ1) is 7.72. The molecule has 0 bridgehead atoms. The first-order valence-corrected chi connectivity index (χ1v) is 4.72. The fourth-order valence-electron chi connectivity index (χ4n) is 1.54. The Labute approximate surface area is 91.3 Å². The Bertz CT molecular complexity index is 498. The first kappa shape index (κ1) is 10.5. The maximum absolute atomic E-state index is 13.6. The van der Waals surface area contributed by atoms with Gasteiger partial charge in [-0.25, -0.2) is 8.78 Å². The number of rotatable bonds is 2. The number of carbonyl (C=O) groups excluding carboxylic acids is 1. The molecule has 0 amide bonds. The zero-order chi connectivity index (χ0) is 11.5. The summed E-state index contributed by atoms with van der Waals surface area (Å²) in [6.45, 7) is 0. The van der Waals surface area contributed by atoms with Crippen LogP contribution in [0.1, 0.15) is 10.4 Å². The van der Waals surface area contributed by atoms with E-state index >= 15 is 0 Å². The third kappa shape index (κ3) is 1.84. The van der Waals surface area contributed by atoms with E-state index in [4.69, 9.17) is 0 Å². The molecule has 0 aromatic heterocycles. The largest absolute Gasteiger partial charge is 0.298 e. The molecule has 0 aliphatic heterocycles. The van der Waals surface area contributed by atoms with Crippen molar-refractivity contribution in [2.45, 2.75) is 0 Å². The van der Waals surface area contributed by atoms with Gasteiger partial charge in [-0.3, -0.25) is 4.79 Å². The number of benzene rings is 2. The van der Waals surface area contributed by atoms with Gasteiger partial charge in [-0.1, -0.05) is 30.3 Å². The van der Waals surface area contributed by atoms with Crippen LogP contribution in [0, 0.1) is 11.6 Å². The highest BCUT2D eigenvalue weighted by Gasteiger charge is 2.12. The van der Waals surface area contributed by atoms with Crippen LogP contribution in [-0.4, -0.2) is 6.29 Å². The molecule has 80 valence electrons. The Morgan fingerprint density at radius 1 is 0.938 bits per heavy atom. The van der Waals surface area contributed by atoms with Crippen molar-refractivity contribution < 1.29 is 13.6 Å². The minimum absolute atomic E-state index is 0.00492. The monoisotopic (exact) mass is 218 g/mol. The zero-order valence-electron chi connectivity index (χ0n) is 8.28. The summed E-state index contributed by atoms with van der Waals surface area (Å²) in [6.07, 6.45) is 0.418. The molecule has 0 N–H and O–H groups in total. The number of hydrogen-bond acceptors (Lipinski definition) is 1. The minimum atomic E-state index is -0.728. The number of halogens is 2. The molecular formula is C13H8F2O. The van der Waals surface area contributed by atoms with Gasteiger partial charge in [0.2, 0.25) is 0 Å². The van der Waals surface area contributed by atoms with Crippen LogP contribution in [0.15, 0.2) is 42.5 Å². The molecule has 0 unspecified atom stereocenters. The summed E-state index contributed by atoms with van der Waals surface area (Å²) in [5, 5.41) is 0. The van der Waals surface area contributed by atoms with Gasteiger partial charge in [-0.05, 0) is 17.7 Å². The van der Waals surface area contributed by atoms with Crippen molar-refractivity contribution in [2.24, 2.45) is 0 Å². The average molecular weight is 218 g/mol. The van der Waals surface area contributed by atoms with E-state index in [1.54, 1.807) is 30.3 Å². The van der Waals surface area contributed by atoms with Crippen LogP contribution in [0.25, 0.3) is 11.1 Å². The maximum Gasteiger partial charge on any atom is 0.150 e. The standard InChI is InChI=1S/C13H8F2O/c14-11-6-9(8-16)7-12(15)13(11)10-4-2-1-3-5-10/h1-8H. The Morgan fingerprint density at radius 3 is 2.00 bits per heavy atom. The summed E-state index contributed by atoms with van der Waals surface area (Å²) >= 11 is 0. The van der Waals surface area contributed by atoms with Crippen molar-refractivity contribution in [3.8, 4) is 11.1 Å². The Kier molecular flexibility index (Phi) is 2.77. The van der Waals surface area contributed by atoms with Gasteiger partial charge in [0.25, 0.3) is 0 Å². The van der Waals surface area contributed by atoms with Gasteiger partial charge in [0, 0.05) is 5.56 Å². The summed E-state index contributed by atoms with van der Waals surface area (Å²) < 4.78 is 27.2. The third-order valence-electron chi connectivity index (χ3n) is 2.26. The van der Waals surface area contributed by atoms with Gasteiger partial charge in [0.1, 0.15) is 17.9 Å². The molecule has 16 heavy (non-hydrogen) atoms. The molecule has 2 aromatic rings. The highest BCUT2D eigenvalue weighted by Crippen LogP contribution is 2.26. The Morgan fingerprint density at radius 2 is 1.50 bits per heavy atom. The van der Waals surface area contributed by atoms with Gasteiger partial charge >= 0.3 is 0 Å². The number of carbonyl (C=O) groups is 1. The van der Waals surface area contributed by atoms with Gasteiger partial charge in [-0.2, -0.15) is 0 Å². The number of hydrogen-bond donors (Lipinski definition) is 0. The highest BCUT2D eigenvalue weighted by molar-refractivity contribution is 5.77. The summed E-state index contributed by atoms with van der Waals surface area (Å²) in [5.74, 6) is -1.46. The molecule has 0 aliphatic rings. The SMILES string of the molecule is O=Cc1cc(F)c(-c2ccccc2)c(F)c1. The lowest BCUT2D eigenvalue weighted by molar-refractivity contribution is 0.112. The van der Waals surface area contributed by atoms with E-state index < -0.39 is 11.6 Å². The molecule has 0 saturated carbocycles. The van der Waals surface area contributed by atoms with Crippen LogP contribution in [-0.2, 0) is 0 Å². The fraction of sp³-hybridized carbons (Fsp3) is 0. The fourth-order valence-corrected chi connectivity index (χ4v) is 1.54. The van der Waals surface area contributed by atoms with Gasteiger partial charge in [0.15, 0.2) is 0 Å². The van der Waals surface area contributed by atoms with Gasteiger partial charge in [-0.15, -0.1) is 0 Å². The summed E-state index contributed by atoms with van der Waals surface area (Å²) in [4.78, 5) is 10.4. The molecule has 1 nitrogen and oxygen atoms in total. The summed E-state index contributed by atoms with van der Waals surface area (Å²) in [7, 11) is 0. The quantitative estimate of drug-likeness (QED) is 0.705. The summed E-state index contributed by atoms with van der Waals surface area (Å²) in [6, 6.07) is 10.4. The lowest BCUT2D eigenvalue weighted by Gasteiger charge is -2.05. The molecule has 0 saturated heterocycles. The second kappa shape index (κ2) is 4.23. The van der Waals surface area contributed by atoms with Crippen molar-refractivity contribution in [3.05, 3.63) is 59.7 Å². The molecule has 0 aliphatic carbocycles. The van der Waals surface area contributed by atoms with Crippen molar-refractivity contribution in [1.82, 2.24) is 0 Å². The van der Waals surface area contributed by atoms with Crippen LogP contribution in [0.3, 0.4) is 0 Å². The first-order valence-electron chi connectivity index (χ1n) is 4.72. The second-order valence-electron chi connectivity index (χ2n) is 3.34. The van der Waals surface area contributed by atoms with E-state index in [1.165, 1.54) is 0 Å². The second-order valence-corrected chi connectivity index (χ2v) is 3.34. The van der Waals surface area contributed by atoms with E-state index in [0.717, 1.165) is 12.1 Å². The minimum Gasteiger partial charge on any atom is -0.298 e. The highest BCUT2D eigenvalue weighted by atomic mass is 19.1. The molecule has 2 rings (SSSR count).